The maximum Gasteiger partial charge on any atom is 0.222 e. The zero-order chi connectivity index (χ0) is 19.0. The van der Waals surface area contributed by atoms with Gasteiger partial charge in [0.1, 0.15) is 24.1 Å². The molecule has 0 atom stereocenters. The van der Waals surface area contributed by atoms with Crippen LogP contribution in [0.15, 0.2) is 29.4 Å². The van der Waals surface area contributed by atoms with Gasteiger partial charge in [-0.05, 0) is 50.6 Å². The Morgan fingerprint density at radius 2 is 2.04 bits per heavy atom. The first kappa shape index (κ1) is 18.1. The normalized spacial score (nSPS) is 17.8. The Labute approximate surface area is 157 Å². The van der Waals surface area contributed by atoms with Crippen LogP contribution in [0, 0.1) is 5.82 Å². The zero-order valence-electron chi connectivity index (χ0n) is 15.0. The number of hydrogen-bond acceptors (Lipinski definition) is 7. The fourth-order valence-electron chi connectivity index (χ4n) is 3.51. The number of halogens is 1. The van der Waals surface area contributed by atoms with Crippen molar-refractivity contribution in [3.05, 3.63) is 35.9 Å². The molecule has 27 heavy (non-hydrogen) atoms. The van der Waals surface area contributed by atoms with Gasteiger partial charge in [-0.15, -0.1) is 0 Å². The number of fused-ring (bicyclic) bond motifs is 1. The number of rotatable bonds is 4. The summed E-state index contributed by atoms with van der Waals surface area (Å²) in [5.41, 5.74) is 1.16. The summed E-state index contributed by atoms with van der Waals surface area (Å²) in [6, 6.07) is 3.95. The Morgan fingerprint density at radius 1 is 1.26 bits per heavy atom. The number of piperidine rings is 1. The first-order chi connectivity index (χ1) is 12.9. The van der Waals surface area contributed by atoms with Gasteiger partial charge in [-0.25, -0.2) is 22.8 Å². The van der Waals surface area contributed by atoms with Gasteiger partial charge >= 0.3 is 0 Å². The molecule has 0 bridgehead atoms. The third-order valence-corrected chi connectivity index (χ3v) is 6.04. The Kier molecular flexibility index (Phi) is 4.73. The molecule has 1 fully saturated rings. The summed E-state index contributed by atoms with van der Waals surface area (Å²) in [5, 5.41) is 3.30. The van der Waals surface area contributed by atoms with E-state index in [0.717, 1.165) is 43.8 Å². The van der Waals surface area contributed by atoms with Crippen LogP contribution in [-0.2, 0) is 16.3 Å². The van der Waals surface area contributed by atoms with Crippen LogP contribution in [0.3, 0.4) is 0 Å². The Balaban J connectivity index is 1.63. The minimum Gasteiger partial charge on any atom is -0.474 e. The highest BCUT2D eigenvalue weighted by molar-refractivity contribution is 7.90. The number of nitrogens with one attached hydrogen (secondary N) is 1. The highest BCUT2D eigenvalue weighted by Gasteiger charge is 2.29. The molecule has 9 heteroatoms. The van der Waals surface area contributed by atoms with Gasteiger partial charge in [0.2, 0.25) is 5.88 Å². The fourth-order valence-corrected chi connectivity index (χ4v) is 4.15. The third kappa shape index (κ3) is 3.61. The van der Waals surface area contributed by atoms with Crippen LogP contribution in [0.2, 0.25) is 0 Å². The van der Waals surface area contributed by atoms with Crippen LogP contribution in [0.1, 0.15) is 18.4 Å². The van der Waals surface area contributed by atoms with Crippen molar-refractivity contribution >= 4 is 21.3 Å². The van der Waals surface area contributed by atoms with Crippen LogP contribution in [0.5, 0.6) is 5.88 Å². The predicted octanol–water partition coefficient (Wildman–Crippen LogP) is 1.84. The predicted molar refractivity (Wildman–Crippen MR) is 98.8 cm³/mol. The van der Waals surface area contributed by atoms with E-state index in [1.165, 1.54) is 18.5 Å². The molecule has 144 valence electrons. The summed E-state index contributed by atoms with van der Waals surface area (Å²) >= 11 is 0. The van der Waals surface area contributed by atoms with Gasteiger partial charge in [0.25, 0.3) is 0 Å². The number of benzene rings is 1. The quantitative estimate of drug-likeness (QED) is 0.850. The average Bonchev–Trinajstić information content (AvgIpc) is 3.07. The summed E-state index contributed by atoms with van der Waals surface area (Å²) in [5.74, 6) is 0.577. The fraction of sp³-hybridized carbons (Fsp3) is 0.444. The lowest BCUT2D eigenvalue weighted by atomic mass is 10.1. The van der Waals surface area contributed by atoms with Crippen molar-refractivity contribution in [2.24, 2.45) is 0 Å². The maximum absolute atomic E-state index is 14.6. The highest BCUT2D eigenvalue weighted by atomic mass is 32.2. The van der Waals surface area contributed by atoms with Crippen molar-refractivity contribution in [1.29, 1.82) is 0 Å². The smallest absolute Gasteiger partial charge is 0.222 e. The lowest BCUT2D eigenvalue weighted by Gasteiger charge is -2.24. The van der Waals surface area contributed by atoms with E-state index in [-0.39, 0.29) is 11.0 Å². The van der Waals surface area contributed by atoms with Gasteiger partial charge in [0.05, 0.1) is 16.1 Å². The van der Waals surface area contributed by atoms with Crippen molar-refractivity contribution in [1.82, 2.24) is 15.3 Å². The van der Waals surface area contributed by atoms with E-state index in [2.05, 4.69) is 15.3 Å². The molecule has 7 nitrogen and oxygen atoms in total. The van der Waals surface area contributed by atoms with Crippen molar-refractivity contribution < 1.29 is 17.5 Å². The molecule has 1 N–H and O–H groups in total. The second-order valence-corrected chi connectivity index (χ2v) is 8.85. The molecule has 0 radical (unpaired) electrons. The van der Waals surface area contributed by atoms with Crippen LogP contribution in [0.4, 0.5) is 15.9 Å². The summed E-state index contributed by atoms with van der Waals surface area (Å²) in [4.78, 5) is 10.3. The van der Waals surface area contributed by atoms with E-state index in [1.807, 2.05) is 0 Å². The minimum atomic E-state index is -3.46. The highest BCUT2D eigenvalue weighted by Crippen LogP contribution is 2.38. The van der Waals surface area contributed by atoms with E-state index in [9.17, 15) is 12.8 Å². The van der Waals surface area contributed by atoms with Crippen molar-refractivity contribution in [2.45, 2.75) is 30.3 Å². The lowest BCUT2D eigenvalue weighted by Crippen LogP contribution is -2.34. The van der Waals surface area contributed by atoms with Gasteiger partial charge in [0, 0.05) is 12.8 Å². The second-order valence-electron chi connectivity index (χ2n) is 6.84. The summed E-state index contributed by atoms with van der Waals surface area (Å²) in [6.07, 6.45) is 5.09. The molecule has 0 spiro atoms. The van der Waals surface area contributed by atoms with Crippen molar-refractivity contribution in [3.8, 4) is 5.88 Å². The van der Waals surface area contributed by atoms with Crippen molar-refractivity contribution in [2.75, 3.05) is 30.8 Å². The standard InChI is InChI=1S/C18H21FN4O3S/c1-27(24,25)13-2-3-16(15(19)10-13)23-9-6-14-17(23)21-11-22-18(14)26-12-4-7-20-8-5-12/h2-3,10-12,20H,4-9H2,1H3. The Hall–Kier alpha value is -2.26. The van der Waals surface area contributed by atoms with Gasteiger partial charge in [-0.2, -0.15) is 0 Å². The Morgan fingerprint density at radius 3 is 2.74 bits per heavy atom. The Bertz CT molecular complexity index is 961. The average molecular weight is 392 g/mol. The summed E-state index contributed by atoms with van der Waals surface area (Å²) < 4.78 is 44.0. The van der Waals surface area contributed by atoms with E-state index < -0.39 is 15.7 Å². The SMILES string of the molecule is CS(=O)(=O)c1ccc(N2CCc3c(OC4CCNCC4)ncnc32)c(F)c1. The second kappa shape index (κ2) is 7.05. The zero-order valence-corrected chi connectivity index (χ0v) is 15.8. The van der Waals surface area contributed by atoms with E-state index in [4.69, 9.17) is 4.74 Å². The first-order valence-corrected chi connectivity index (χ1v) is 10.8. The molecule has 1 aromatic heterocycles. The largest absolute Gasteiger partial charge is 0.474 e. The number of ether oxygens (including phenoxy) is 1. The molecule has 0 unspecified atom stereocenters. The van der Waals surface area contributed by atoms with Crippen LogP contribution in [-0.4, -0.2) is 50.4 Å². The van der Waals surface area contributed by atoms with Gasteiger partial charge in [-0.1, -0.05) is 0 Å². The lowest BCUT2D eigenvalue weighted by molar-refractivity contribution is 0.154. The molecular formula is C18H21FN4O3S. The number of sulfone groups is 1. The van der Waals surface area contributed by atoms with Crippen LogP contribution >= 0.6 is 0 Å². The summed E-state index contributed by atoms with van der Waals surface area (Å²) in [6.45, 7) is 2.37. The molecular weight excluding hydrogens is 371 g/mol. The monoisotopic (exact) mass is 392 g/mol. The molecule has 1 saturated heterocycles. The number of aromatic nitrogens is 2. The molecule has 0 aliphatic carbocycles. The van der Waals surface area contributed by atoms with E-state index >= 15 is 0 Å². The topological polar surface area (TPSA) is 84.4 Å². The number of hydrogen-bond donors (Lipinski definition) is 1. The van der Waals surface area contributed by atoms with Gasteiger partial charge in [0.15, 0.2) is 9.84 Å². The summed E-state index contributed by atoms with van der Waals surface area (Å²) in [7, 11) is -3.46. The molecule has 2 aliphatic heterocycles. The van der Waals surface area contributed by atoms with Gasteiger partial charge in [-0.3, -0.25) is 0 Å². The van der Waals surface area contributed by atoms with Crippen LogP contribution < -0.4 is 15.0 Å². The van der Waals surface area contributed by atoms with Crippen LogP contribution in [0.25, 0.3) is 0 Å². The molecule has 0 saturated carbocycles. The molecule has 1 aromatic carbocycles. The minimum absolute atomic E-state index is 0.0409. The number of anilines is 2. The van der Waals surface area contributed by atoms with Crippen molar-refractivity contribution in [3.63, 3.8) is 0 Å². The number of nitrogens with zero attached hydrogens (tertiary/aromatic N) is 3. The molecule has 0 amide bonds. The van der Waals surface area contributed by atoms with E-state index in [1.54, 1.807) is 4.90 Å². The van der Waals surface area contributed by atoms with Gasteiger partial charge < -0.3 is 15.0 Å². The molecule has 4 rings (SSSR count). The molecule has 2 aromatic rings. The third-order valence-electron chi connectivity index (χ3n) is 4.93. The van der Waals surface area contributed by atoms with E-state index in [0.29, 0.717) is 30.4 Å². The molecule has 2 aliphatic rings. The molecule has 3 heterocycles. The first-order valence-electron chi connectivity index (χ1n) is 8.92. The maximum atomic E-state index is 14.6.